The lowest BCUT2D eigenvalue weighted by Gasteiger charge is -2.23. The van der Waals surface area contributed by atoms with Crippen molar-refractivity contribution in [3.05, 3.63) is 94.6 Å². The number of carbonyl (C=O) groups excluding carboxylic acids is 2. The van der Waals surface area contributed by atoms with Crippen molar-refractivity contribution < 1.29 is 28.9 Å². The van der Waals surface area contributed by atoms with Gasteiger partial charge in [0.25, 0.3) is 5.78 Å². The summed E-state index contributed by atoms with van der Waals surface area (Å²) < 4.78 is 18.1. The molecule has 0 radical (unpaired) electrons. The van der Waals surface area contributed by atoms with Gasteiger partial charge >= 0.3 is 5.91 Å². The molecule has 0 aliphatic carbocycles. The lowest BCUT2D eigenvalue weighted by Crippen LogP contribution is -2.29. The second-order valence-corrected chi connectivity index (χ2v) is 12.5. The zero-order valence-corrected chi connectivity index (χ0v) is 26.1. The molecule has 1 saturated heterocycles. The second-order valence-electron chi connectivity index (χ2n) is 10.3. The number of hydrogen-bond acceptors (Lipinski definition) is 10. The molecule has 1 amide bonds. The molecular formula is C33H31N3O6S2. The van der Waals surface area contributed by atoms with Gasteiger partial charge in [-0.25, -0.2) is 0 Å². The normalized spacial score (nSPS) is 18.8. The fraction of sp³-hybridized carbons (Fsp3) is 0.273. The monoisotopic (exact) mass is 629 g/mol. The molecule has 0 saturated carbocycles. The van der Waals surface area contributed by atoms with Crippen LogP contribution < -0.4 is 19.1 Å². The largest absolute Gasteiger partial charge is 0.507 e. The van der Waals surface area contributed by atoms with Gasteiger partial charge in [0.15, 0.2) is 15.8 Å². The van der Waals surface area contributed by atoms with E-state index in [4.69, 9.17) is 14.2 Å². The minimum atomic E-state index is -0.978. The Labute approximate surface area is 263 Å². The molecule has 1 N–H and O–H groups in total. The van der Waals surface area contributed by atoms with Crippen molar-refractivity contribution in [1.82, 2.24) is 10.2 Å². The number of aliphatic hydroxyl groups excluding tert-OH is 1. The first kappa shape index (κ1) is 29.7. The van der Waals surface area contributed by atoms with Crippen molar-refractivity contribution >= 4 is 45.7 Å². The number of anilines is 1. The number of fused-ring (bicyclic) bond motifs is 1. The number of aromatic nitrogens is 2. The maximum Gasteiger partial charge on any atom is 0.301 e. The van der Waals surface area contributed by atoms with Gasteiger partial charge in [0, 0.05) is 17.7 Å². The molecule has 1 aromatic heterocycles. The third-order valence-corrected chi connectivity index (χ3v) is 9.43. The summed E-state index contributed by atoms with van der Waals surface area (Å²) in [6, 6.07) is 19.5. The number of rotatable bonds is 10. The lowest BCUT2D eigenvalue weighted by atomic mass is 9.94. The third kappa shape index (κ3) is 5.77. The van der Waals surface area contributed by atoms with Crippen molar-refractivity contribution in [2.75, 3.05) is 18.1 Å². The number of carbonyl (C=O) groups is 2. The van der Waals surface area contributed by atoms with Gasteiger partial charge in [0.1, 0.15) is 17.6 Å². The molecule has 1 fully saturated rings. The van der Waals surface area contributed by atoms with Crippen LogP contribution in [0.4, 0.5) is 5.13 Å². The molecule has 2 atom stereocenters. The van der Waals surface area contributed by atoms with Crippen LogP contribution in [0, 0.1) is 0 Å². The van der Waals surface area contributed by atoms with Gasteiger partial charge in [-0.05, 0) is 67.8 Å². The van der Waals surface area contributed by atoms with Gasteiger partial charge in [-0.2, -0.15) is 0 Å². The van der Waals surface area contributed by atoms with Crippen LogP contribution in [0.25, 0.3) is 5.76 Å². The molecule has 2 aliphatic rings. The highest BCUT2D eigenvalue weighted by Gasteiger charge is 2.48. The number of hydrogen-bond donors (Lipinski definition) is 1. The number of aliphatic hydroxyl groups is 1. The van der Waals surface area contributed by atoms with Crippen LogP contribution in [0.15, 0.2) is 76.6 Å². The molecule has 0 spiro atoms. The fourth-order valence-corrected chi connectivity index (χ4v) is 7.21. The first-order valence-electron chi connectivity index (χ1n) is 14.4. The van der Waals surface area contributed by atoms with Crippen LogP contribution in [0.1, 0.15) is 49.1 Å². The maximum atomic E-state index is 13.7. The highest BCUT2D eigenvalue weighted by atomic mass is 32.2. The van der Waals surface area contributed by atoms with Gasteiger partial charge in [-0.1, -0.05) is 59.5 Å². The zero-order chi connectivity index (χ0) is 30.8. The van der Waals surface area contributed by atoms with E-state index in [9.17, 15) is 14.7 Å². The van der Waals surface area contributed by atoms with Gasteiger partial charge in [0.2, 0.25) is 5.13 Å². The predicted molar refractivity (Wildman–Crippen MR) is 170 cm³/mol. The molecule has 3 heterocycles. The standard InChI is InChI=1S/C33H31N3O6S2/c1-4-40-25-14-11-21(17-26(25)41-5-2)28-27(29(37)22-12-13-24-23(16-22)15-19(3)42-24)30(38)31(39)36(28)32-34-35-33(44-32)43-18-20-9-7-6-8-10-20/h6-14,16-17,19,28,37H,4-5,15,18H2,1-3H3/t19-,28+/m1/s1. The van der Waals surface area contributed by atoms with Crippen molar-refractivity contribution in [1.29, 1.82) is 0 Å². The Morgan fingerprint density at radius 1 is 1.02 bits per heavy atom. The molecule has 226 valence electrons. The Bertz CT molecular complexity index is 1740. The summed E-state index contributed by atoms with van der Waals surface area (Å²) in [5.74, 6) is 0.558. The minimum Gasteiger partial charge on any atom is -0.507 e. The van der Waals surface area contributed by atoms with Crippen molar-refractivity contribution in [3.63, 3.8) is 0 Å². The second kappa shape index (κ2) is 12.7. The minimum absolute atomic E-state index is 0.0141. The van der Waals surface area contributed by atoms with E-state index in [-0.39, 0.29) is 22.6 Å². The number of Topliss-reactive ketones (excluding diaryl/α,β-unsaturated/α-hetero) is 1. The van der Waals surface area contributed by atoms with Gasteiger partial charge in [-0.15, -0.1) is 10.2 Å². The van der Waals surface area contributed by atoms with Gasteiger partial charge in [0.05, 0.1) is 24.8 Å². The van der Waals surface area contributed by atoms with Crippen LogP contribution in [-0.2, 0) is 21.8 Å². The average molecular weight is 630 g/mol. The number of thioether (sulfide) groups is 1. The topological polar surface area (TPSA) is 111 Å². The Morgan fingerprint density at radius 3 is 2.57 bits per heavy atom. The van der Waals surface area contributed by atoms with Crippen molar-refractivity contribution in [2.24, 2.45) is 0 Å². The number of amides is 1. The Balaban J connectivity index is 1.43. The SMILES string of the molecule is CCOc1ccc([C@H]2C(=C(O)c3ccc4c(c3)C[C@@H](C)O4)C(=O)C(=O)N2c2nnc(SCc3ccccc3)s2)cc1OCC. The predicted octanol–water partition coefficient (Wildman–Crippen LogP) is 6.58. The summed E-state index contributed by atoms with van der Waals surface area (Å²) in [5.41, 5.74) is 3.00. The summed E-state index contributed by atoms with van der Waals surface area (Å²) >= 11 is 2.72. The molecular weight excluding hydrogens is 599 g/mol. The summed E-state index contributed by atoms with van der Waals surface area (Å²) in [6.45, 7) is 6.54. The Kier molecular flexibility index (Phi) is 8.58. The number of nitrogens with zero attached hydrogens (tertiary/aromatic N) is 3. The molecule has 3 aromatic carbocycles. The van der Waals surface area contributed by atoms with E-state index in [0.29, 0.717) is 52.4 Å². The molecule has 6 rings (SSSR count). The highest BCUT2D eigenvalue weighted by Crippen LogP contribution is 2.46. The van der Waals surface area contributed by atoms with E-state index in [1.54, 1.807) is 30.3 Å². The summed E-state index contributed by atoms with van der Waals surface area (Å²) in [7, 11) is 0. The first-order valence-corrected chi connectivity index (χ1v) is 16.2. The first-order chi connectivity index (χ1) is 21.4. The van der Waals surface area contributed by atoms with E-state index >= 15 is 0 Å². The van der Waals surface area contributed by atoms with Gasteiger partial charge < -0.3 is 19.3 Å². The summed E-state index contributed by atoms with van der Waals surface area (Å²) in [4.78, 5) is 28.8. The molecule has 11 heteroatoms. The molecule has 0 unspecified atom stereocenters. The molecule has 44 heavy (non-hydrogen) atoms. The van der Waals surface area contributed by atoms with Crippen LogP contribution in [-0.4, -0.2) is 46.3 Å². The summed E-state index contributed by atoms with van der Waals surface area (Å²) in [5, 5.41) is 20.6. The molecule has 0 bridgehead atoms. The molecule has 4 aromatic rings. The number of benzene rings is 3. The third-order valence-electron chi connectivity index (χ3n) is 7.30. The van der Waals surface area contributed by atoms with Crippen LogP contribution in [0.3, 0.4) is 0 Å². The highest BCUT2D eigenvalue weighted by molar-refractivity contribution is 8.00. The zero-order valence-electron chi connectivity index (χ0n) is 24.5. The van der Waals surface area contributed by atoms with Crippen molar-refractivity contribution in [2.45, 2.75) is 49.4 Å². The van der Waals surface area contributed by atoms with E-state index in [0.717, 1.165) is 16.9 Å². The number of ether oxygens (including phenoxy) is 3. The van der Waals surface area contributed by atoms with Gasteiger partial charge in [-0.3, -0.25) is 14.5 Å². The van der Waals surface area contributed by atoms with Crippen LogP contribution in [0.2, 0.25) is 0 Å². The average Bonchev–Trinajstić information content (AvgIpc) is 3.72. The Morgan fingerprint density at radius 2 is 1.80 bits per heavy atom. The smallest absolute Gasteiger partial charge is 0.301 e. The number of ketones is 1. The quantitative estimate of drug-likeness (QED) is 0.0684. The maximum absolute atomic E-state index is 13.7. The van der Waals surface area contributed by atoms with E-state index in [2.05, 4.69) is 10.2 Å². The fourth-order valence-electron chi connectivity index (χ4n) is 5.39. The van der Waals surface area contributed by atoms with E-state index < -0.39 is 17.7 Å². The summed E-state index contributed by atoms with van der Waals surface area (Å²) in [6.07, 6.45) is 0.694. The van der Waals surface area contributed by atoms with Crippen LogP contribution in [0.5, 0.6) is 17.2 Å². The molecule has 9 nitrogen and oxygen atoms in total. The van der Waals surface area contributed by atoms with E-state index in [1.807, 2.05) is 57.2 Å². The lowest BCUT2D eigenvalue weighted by molar-refractivity contribution is -0.132. The van der Waals surface area contributed by atoms with Crippen molar-refractivity contribution in [3.8, 4) is 17.2 Å². The molecule has 2 aliphatic heterocycles. The van der Waals surface area contributed by atoms with Crippen LogP contribution >= 0.6 is 23.1 Å². The Hall–Kier alpha value is -4.35. The van der Waals surface area contributed by atoms with E-state index in [1.165, 1.54) is 28.0 Å².